The molecule has 0 aliphatic rings. The van der Waals surface area contributed by atoms with Crippen LogP contribution < -0.4 is 5.32 Å². The number of nitrogens with zero attached hydrogens (tertiary/aromatic N) is 2. The summed E-state index contributed by atoms with van der Waals surface area (Å²) in [6.07, 6.45) is 1.18. The molecule has 0 unspecified atom stereocenters. The average molecular weight is 348 g/mol. The van der Waals surface area contributed by atoms with Gasteiger partial charge in [0.2, 0.25) is 5.91 Å². The standard InChI is InChI=1S/C17H24N4O2S/c1-3-23-12-4-10-18-15(22)9-11-21-16(19-20-17(21)24)14-7-5-13(2)6-8-14/h5-8H,3-4,9-12H2,1-2H3,(H,18,22)(H,20,24). The molecular formula is C17H24N4O2S. The topological polar surface area (TPSA) is 71.9 Å². The first-order chi connectivity index (χ1) is 11.6. The Bertz CT molecular complexity index is 706. The number of amides is 1. The summed E-state index contributed by atoms with van der Waals surface area (Å²) in [6.45, 7) is 6.49. The molecule has 1 heterocycles. The quantitative estimate of drug-likeness (QED) is 0.540. The van der Waals surface area contributed by atoms with Gasteiger partial charge in [0.05, 0.1) is 0 Å². The Kier molecular flexibility index (Phi) is 7.14. The number of benzene rings is 1. The molecule has 2 aromatic rings. The molecule has 130 valence electrons. The summed E-state index contributed by atoms with van der Waals surface area (Å²) < 4.78 is 7.63. The van der Waals surface area contributed by atoms with Gasteiger partial charge in [-0.15, -0.1) is 0 Å². The third-order valence-corrected chi connectivity index (χ3v) is 3.93. The maximum absolute atomic E-state index is 11.9. The lowest BCUT2D eigenvalue weighted by Gasteiger charge is -2.08. The highest BCUT2D eigenvalue weighted by atomic mass is 32.1. The van der Waals surface area contributed by atoms with Crippen LogP contribution in [0.4, 0.5) is 0 Å². The van der Waals surface area contributed by atoms with Gasteiger partial charge in [-0.05, 0) is 32.5 Å². The maximum Gasteiger partial charge on any atom is 0.221 e. The second-order valence-electron chi connectivity index (χ2n) is 5.52. The number of ether oxygens (including phenoxy) is 1. The van der Waals surface area contributed by atoms with Crippen LogP contribution in [-0.4, -0.2) is 40.4 Å². The zero-order valence-corrected chi connectivity index (χ0v) is 15.0. The van der Waals surface area contributed by atoms with E-state index in [1.54, 1.807) is 0 Å². The normalized spacial score (nSPS) is 10.8. The third kappa shape index (κ3) is 5.28. The minimum atomic E-state index is 0.00412. The first-order valence-electron chi connectivity index (χ1n) is 8.18. The fourth-order valence-corrected chi connectivity index (χ4v) is 2.52. The molecule has 0 aliphatic carbocycles. The smallest absolute Gasteiger partial charge is 0.221 e. The lowest BCUT2D eigenvalue weighted by atomic mass is 10.1. The van der Waals surface area contributed by atoms with Crippen LogP contribution in [0.2, 0.25) is 0 Å². The largest absolute Gasteiger partial charge is 0.382 e. The maximum atomic E-state index is 11.9. The van der Waals surface area contributed by atoms with E-state index >= 15 is 0 Å². The van der Waals surface area contributed by atoms with Gasteiger partial charge in [-0.3, -0.25) is 14.5 Å². The number of nitrogens with one attached hydrogen (secondary N) is 2. The van der Waals surface area contributed by atoms with E-state index < -0.39 is 0 Å². The molecule has 0 saturated heterocycles. The van der Waals surface area contributed by atoms with Crippen molar-refractivity contribution in [3.05, 3.63) is 34.6 Å². The van der Waals surface area contributed by atoms with E-state index in [-0.39, 0.29) is 5.91 Å². The van der Waals surface area contributed by atoms with Crippen molar-refractivity contribution in [3.8, 4) is 11.4 Å². The molecule has 2 N–H and O–H groups in total. The van der Waals surface area contributed by atoms with Crippen molar-refractivity contribution in [1.29, 1.82) is 0 Å². The number of carbonyl (C=O) groups is 1. The third-order valence-electron chi connectivity index (χ3n) is 3.62. The van der Waals surface area contributed by atoms with Crippen molar-refractivity contribution in [3.63, 3.8) is 0 Å². The SMILES string of the molecule is CCOCCCNC(=O)CCn1c(-c2ccc(C)cc2)n[nH]c1=S. The molecule has 0 fully saturated rings. The molecule has 7 heteroatoms. The Balaban J connectivity index is 1.91. The van der Waals surface area contributed by atoms with Crippen molar-refractivity contribution >= 4 is 18.1 Å². The second kappa shape index (κ2) is 9.34. The number of hydrogen-bond acceptors (Lipinski definition) is 4. The molecule has 0 aliphatic heterocycles. The molecule has 0 spiro atoms. The van der Waals surface area contributed by atoms with Gasteiger partial charge in [-0.25, -0.2) is 0 Å². The number of carbonyl (C=O) groups excluding carboxylic acids is 1. The van der Waals surface area contributed by atoms with Crippen LogP contribution in [0.1, 0.15) is 25.3 Å². The Morgan fingerprint density at radius 1 is 1.38 bits per heavy atom. The summed E-state index contributed by atoms with van der Waals surface area (Å²) in [7, 11) is 0. The lowest BCUT2D eigenvalue weighted by molar-refractivity contribution is -0.121. The summed E-state index contributed by atoms with van der Waals surface area (Å²) in [6, 6.07) is 8.07. The summed E-state index contributed by atoms with van der Waals surface area (Å²) in [5.74, 6) is 0.758. The molecule has 1 aromatic heterocycles. The van der Waals surface area contributed by atoms with E-state index in [4.69, 9.17) is 17.0 Å². The van der Waals surface area contributed by atoms with Gasteiger partial charge in [0.25, 0.3) is 0 Å². The molecule has 24 heavy (non-hydrogen) atoms. The lowest BCUT2D eigenvalue weighted by Crippen LogP contribution is -2.26. The van der Waals surface area contributed by atoms with E-state index in [2.05, 4.69) is 15.5 Å². The van der Waals surface area contributed by atoms with Gasteiger partial charge in [0, 0.05) is 38.3 Å². The fraction of sp³-hybridized carbons (Fsp3) is 0.471. The van der Waals surface area contributed by atoms with E-state index in [0.717, 1.165) is 17.8 Å². The molecule has 6 nitrogen and oxygen atoms in total. The summed E-state index contributed by atoms with van der Waals surface area (Å²) in [5.41, 5.74) is 2.16. The second-order valence-corrected chi connectivity index (χ2v) is 5.91. The predicted octanol–water partition coefficient (Wildman–Crippen LogP) is 2.85. The van der Waals surface area contributed by atoms with Crippen LogP contribution in [0.5, 0.6) is 0 Å². The van der Waals surface area contributed by atoms with Crippen LogP contribution in [-0.2, 0) is 16.1 Å². The minimum absolute atomic E-state index is 0.00412. The number of rotatable bonds is 9. The van der Waals surface area contributed by atoms with Gasteiger partial charge in [-0.1, -0.05) is 29.8 Å². The first-order valence-corrected chi connectivity index (χ1v) is 8.59. The van der Waals surface area contributed by atoms with Crippen molar-refractivity contribution in [2.45, 2.75) is 33.2 Å². The Labute approximate surface area is 147 Å². The number of H-pyrrole nitrogens is 1. The molecule has 0 saturated carbocycles. The van der Waals surface area contributed by atoms with Gasteiger partial charge in [0.1, 0.15) is 0 Å². The van der Waals surface area contributed by atoms with Crippen molar-refractivity contribution < 1.29 is 9.53 Å². The van der Waals surface area contributed by atoms with Crippen molar-refractivity contribution in [2.24, 2.45) is 0 Å². The molecule has 2 rings (SSSR count). The summed E-state index contributed by atoms with van der Waals surface area (Å²) in [4.78, 5) is 11.9. The van der Waals surface area contributed by atoms with Crippen LogP contribution >= 0.6 is 12.2 Å². The van der Waals surface area contributed by atoms with Crippen molar-refractivity contribution in [1.82, 2.24) is 20.1 Å². The van der Waals surface area contributed by atoms with Crippen LogP contribution in [0, 0.1) is 11.7 Å². The average Bonchev–Trinajstić information content (AvgIpc) is 2.94. The monoisotopic (exact) mass is 348 g/mol. The molecule has 0 radical (unpaired) electrons. The highest BCUT2D eigenvalue weighted by Crippen LogP contribution is 2.18. The molecule has 1 aromatic carbocycles. The first kappa shape index (κ1) is 18.4. The van der Waals surface area contributed by atoms with Gasteiger partial charge >= 0.3 is 0 Å². The zero-order valence-electron chi connectivity index (χ0n) is 14.2. The summed E-state index contributed by atoms with van der Waals surface area (Å²) >= 11 is 5.28. The Morgan fingerprint density at radius 2 is 2.12 bits per heavy atom. The molecule has 1 amide bonds. The van der Waals surface area contributed by atoms with Crippen LogP contribution in [0.3, 0.4) is 0 Å². The molecule has 0 atom stereocenters. The van der Waals surface area contributed by atoms with Crippen LogP contribution in [0.25, 0.3) is 11.4 Å². The van der Waals surface area contributed by atoms with Crippen molar-refractivity contribution in [2.75, 3.05) is 19.8 Å². The zero-order chi connectivity index (χ0) is 17.4. The summed E-state index contributed by atoms with van der Waals surface area (Å²) in [5, 5.41) is 9.99. The number of aromatic nitrogens is 3. The molecule has 0 bridgehead atoms. The van der Waals surface area contributed by atoms with Gasteiger partial charge < -0.3 is 10.1 Å². The Hall–Kier alpha value is -1.99. The van der Waals surface area contributed by atoms with E-state index in [0.29, 0.717) is 37.5 Å². The van der Waals surface area contributed by atoms with E-state index in [1.165, 1.54) is 5.56 Å². The number of aryl methyl sites for hydroxylation is 1. The van der Waals surface area contributed by atoms with Gasteiger partial charge in [0.15, 0.2) is 10.6 Å². The number of hydrogen-bond donors (Lipinski definition) is 2. The predicted molar refractivity (Wildman–Crippen MR) is 96.3 cm³/mol. The van der Waals surface area contributed by atoms with E-state index in [9.17, 15) is 4.79 Å². The Morgan fingerprint density at radius 3 is 2.83 bits per heavy atom. The highest BCUT2D eigenvalue weighted by molar-refractivity contribution is 7.71. The number of aromatic amines is 1. The molecular weight excluding hydrogens is 324 g/mol. The van der Waals surface area contributed by atoms with Gasteiger partial charge in [-0.2, -0.15) is 5.10 Å². The van der Waals surface area contributed by atoms with Crippen LogP contribution in [0.15, 0.2) is 24.3 Å². The highest BCUT2D eigenvalue weighted by Gasteiger charge is 2.10. The fourth-order valence-electron chi connectivity index (χ4n) is 2.30. The van der Waals surface area contributed by atoms with E-state index in [1.807, 2.05) is 42.7 Å². The minimum Gasteiger partial charge on any atom is -0.382 e.